The highest BCUT2D eigenvalue weighted by Crippen LogP contribution is 2.20. The number of benzene rings is 2. The third kappa shape index (κ3) is 5.12. The van der Waals surface area contributed by atoms with Gasteiger partial charge in [-0.05, 0) is 48.5 Å². The Balaban J connectivity index is 2.09. The number of amides is 2. The lowest BCUT2D eigenvalue weighted by Crippen LogP contribution is -2.38. The zero-order valence-electron chi connectivity index (χ0n) is 14.0. The smallest absolute Gasteiger partial charge is 0.244 e. The summed E-state index contributed by atoms with van der Waals surface area (Å²) in [5.41, 5.74) is 1.18. The lowest BCUT2D eigenvalue weighted by molar-refractivity contribution is -0.120. The zero-order chi connectivity index (χ0) is 18.2. The van der Waals surface area contributed by atoms with Gasteiger partial charge in [0.1, 0.15) is 23.9 Å². The van der Waals surface area contributed by atoms with E-state index in [0.717, 1.165) is 0 Å². The molecule has 0 aromatic heterocycles. The third-order valence-electron chi connectivity index (χ3n) is 3.47. The average Bonchev–Trinajstić information content (AvgIpc) is 2.66. The molecule has 0 saturated heterocycles. The molecule has 25 heavy (non-hydrogen) atoms. The fraction of sp³-hybridized carbons (Fsp3) is 0.222. The van der Waals surface area contributed by atoms with E-state index in [1.807, 2.05) is 0 Å². The maximum absolute atomic E-state index is 12.3. The Morgan fingerprint density at radius 3 is 1.96 bits per heavy atom. The van der Waals surface area contributed by atoms with Gasteiger partial charge in [-0.15, -0.1) is 11.6 Å². The van der Waals surface area contributed by atoms with Crippen molar-refractivity contribution in [3.05, 3.63) is 48.5 Å². The van der Waals surface area contributed by atoms with Crippen molar-refractivity contribution in [1.29, 1.82) is 0 Å². The van der Waals surface area contributed by atoms with Gasteiger partial charge < -0.3 is 19.7 Å². The maximum Gasteiger partial charge on any atom is 0.244 e. The molecule has 0 aliphatic rings. The van der Waals surface area contributed by atoms with E-state index in [1.54, 1.807) is 62.8 Å². The number of nitrogens with zero attached hydrogens (tertiary/aromatic N) is 1. The molecule has 132 valence electrons. The Morgan fingerprint density at radius 2 is 1.48 bits per heavy atom. The van der Waals surface area contributed by atoms with E-state index in [2.05, 4.69) is 5.32 Å². The van der Waals surface area contributed by atoms with Crippen LogP contribution < -0.4 is 19.7 Å². The summed E-state index contributed by atoms with van der Waals surface area (Å²) in [6, 6.07) is 13.7. The fourth-order valence-corrected chi connectivity index (χ4v) is 2.32. The van der Waals surface area contributed by atoms with Crippen LogP contribution in [-0.2, 0) is 9.59 Å². The molecule has 0 aliphatic carbocycles. The summed E-state index contributed by atoms with van der Waals surface area (Å²) in [6.45, 7) is -0.149. The van der Waals surface area contributed by atoms with Crippen LogP contribution in [-0.4, -0.2) is 38.5 Å². The normalized spacial score (nSPS) is 10.0. The highest BCUT2D eigenvalue weighted by Gasteiger charge is 2.18. The first-order valence-electron chi connectivity index (χ1n) is 7.51. The number of hydrogen-bond donors (Lipinski definition) is 1. The topological polar surface area (TPSA) is 67.9 Å². The molecule has 0 radical (unpaired) electrons. The minimum Gasteiger partial charge on any atom is -0.497 e. The van der Waals surface area contributed by atoms with Crippen molar-refractivity contribution in [2.45, 2.75) is 0 Å². The Morgan fingerprint density at radius 1 is 0.960 bits per heavy atom. The van der Waals surface area contributed by atoms with Crippen LogP contribution in [0.1, 0.15) is 0 Å². The molecule has 0 fully saturated rings. The number of nitrogens with one attached hydrogen (secondary N) is 1. The number of hydrogen-bond acceptors (Lipinski definition) is 4. The average molecular weight is 363 g/mol. The standard InChI is InChI=1S/C18H19ClN2O4/c1-24-15-7-3-13(4-8-15)20-17(22)12-21(18(23)11-19)14-5-9-16(25-2)10-6-14/h3-10H,11-12H2,1-2H3,(H,20,22). The Labute approximate surface area is 151 Å². The lowest BCUT2D eigenvalue weighted by atomic mass is 10.2. The molecule has 6 nitrogen and oxygen atoms in total. The Hall–Kier alpha value is -2.73. The molecule has 0 bridgehead atoms. The molecule has 1 N–H and O–H groups in total. The zero-order valence-corrected chi connectivity index (χ0v) is 14.7. The molecular weight excluding hydrogens is 344 g/mol. The van der Waals surface area contributed by atoms with Gasteiger partial charge in [0.25, 0.3) is 0 Å². The van der Waals surface area contributed by atoms with Crippen molar-refractivity contribution < 1.29 is 19.1 Å². The van der Waals surface area contributed by atoms with Crippen molar-refractivity contribution in [1.82, 2.24) is 0 Å². The van der Waals surface area contributed by atoms with Gasteiger partial charge in [0.05, 0.1) is 14.2 Å². The quantitative estimate of drug-likeness (QED) is 0.769. The highest BCUT2D eigenvalue weighted by molar-refractivity contribution is 6.29. The van der Waals surface area contributed by atoms with Crippen molar-refractivity contribution in [2.75, 3.05) is 36.9 Å². The first-order valence-corrected chi connectivity index (χ1v) is 8.05. The minimum atomic E-state index is -0.364. The van der Waals surface area contributed by atoms with Crippen LogP contribution in [0.5, 0.6) is 11.5 Å². The van der Waals surface area contributed by atoms with Crippen molar-refractivity contribution >= 4 is 34.8 Å². The highest BCUT2D eigenvalue weighted by atomic mass is 35.5. The van der Waals surface area contributed by atoms with E-state index in [1.165, 1.54) is 4.90 Å². The van der Waals surface area contributed by atoms with Gasteiger partial charge in [-0.3, -0.25) is 9.59 Å². The van der Waals surface area contributed by atoms with E-state index >= 15 is 0 Å². The van der Waals surface area contributed by atoms with Gasteiger partial charge in [-0.2, -0.15) is 0 Å². The second-order valence-electron chi connectivity index (χ2n) is 5.09. The molecule has 7 heteroatoms. The number of carbonyl (C=O) groups excluding carboxylic acids is 2. The number of rotatable bonds is 7. The van der Waals surface area contributed by atoms with Gasteiger partial charge >= 0.3 is 0 Å². The summed E-state index contributed by atoms with van der Waals surface area (Å²) in [5, 5.41) is 2.74. The second-order valence-corrected chi connectivity index (χ2v) is 5.36. The van der Waals surface area contributed by atoms with E-state index < -0.39 is 0 Å². The number of methoxy groups -OCH3 is 2. The maximum atomic E-state index is 12.3. The number of anilines is 2. The Bertz CT molecular complexity index is 717. The van der Waals surface area contributed by atoms with Crippen LogP contribution in [0, 0.1) is 0 Å². The predicted molar refractivity (Wildman–Crippen MR) is 97.7 cm³/mol. The number of halogens is 1. The van der Waals surface area contributed by atoms with Crippen LogP contribution in [0.3, 0.4) is 0 Å². The van der Waals surface area contributed by atoms with Crippen LogP contribution in [0.15, 0.2) is 48.5 Å². The molecule has 0 saturated carbocycles. The molecule has 0 heterocycles. The Kier molecular flexibility index (Phi) is 6.65. The van der Waals surface area contributed by atoms with E-state index in [-0.39, 0.29) is 24.2 Å². The van der Waals surface area contributed by atoms with Crippen LogP contribution >= 0.6 is 11.6 Å². The summed E-state index contributed by atoms with van der Waals surface area (Å²) in [6.07, 6.45) is 0. The minimum absolute atomic E-state index is 0.149. The molecule has 0 spiro atoms. The van der Waals surface area contributed by atoms with Crippen molar-refractivity contribution in [2.24, 2.45) is 0 Å². The number of carbonyl (C=O) groups is 2. The third-order valence-corrected chi connectivity index (χ3v) is 3.70. The summed E-state index contributed by atoms with van der Waals surface area (Å²) in [4.78, 5) is 25.7. The van der Waals surface area contributed by atoms with Gasteiger partial charge in [-0.1, -0.05) is 0 Å². The van der Waals surface area contributed by atoms with E-state index in [4.69, 9.17) is 21.1 Å². The molecule has 2 aromatic carbocycles. The van der Waals surface area contributed by atoms with Crippen molar-refractivity contribution in [3.63, 3.8) is 0 Å². The summed E-state index contributed by atoms with van der Waals surface area (Å²) in [7, 11) is 3.12. The van der Waals surface area contributed by atoms with E-state index in [0.29, 0.717) is 22.9 Å². The first-order chi connectivity index (χ1) is 12.1. The molecule has 2 aromatic rings. The summed E-state index contributed by atoms with van der Waals surface area (Å²) < 4.78 is 10.2. The monoisotopic (exact) mass is 362 g/mol. The van der Waals surface area contributed by atoms with Gasteiger partial charge in [0, 0.05) is 11.4 Å². The van der Waals surface area contributed by atoms with Crippen molar-refractivity contribution in [3.8, 4) is 11.5 Å². The molecule has 0 aliphatic heterocycles. The van der Waals surface area contributed by atoms with Crippen LogP contribution in [0.2, 0.25) is 0 Å². The van der Waals surface area contributed by atoms with Gasteiger partial charge in [0.2, 0.25) is 11.8 Å². The van der Waals surface area contributed by atoms with Gasteiger partial charge in [-0.25, -0.2) is 0 Å². The first kappa shape index (κ1) is 18.6. The molecule has 0 unspecified atom stereocenters. The molecule has 2 rings (SSSR count). The predicted octanol–water partition coefficient (Wildman–Crippen LogP) is 2.91. The largest absolute Gasteiger partial charge is 0.497 e. The van der Waals surface area contributed by atoms with Crippen LogP contribution in [0.25, 0.3) is 0 Å². The van der Waals surface area contributed by atoms with E-state index in [9.17, 15) is 9.59 Å². The second kappa shape index (κ2) is 8.94. The molecular formula is C18H19ClN2O4. The summed E-state index contributed by atoms with van der Waals surface area (Å²) >= 11 is 5.67. The lowest BCUT2D eigenvalue weighted by Gasteiger charge is -2.21. The number of ether oxygens (including phenoxy) is 2. The van der Waals surface area contributed by atoms with Gasteiger partial charge in [0.15, 0.2) is 0 Å². The van der Waals surface area contributed by atoms with Crippen LogP contribution in [0.4, 0.5) is 11.4 Å². The SMILES string of the molecule is COc1ccc(NC(=O)CN(C(=O)CCl)c2ccc(OC)cc2)cc1. The number of alkyl halides is 1. The molecule has 0 atom stereocenters. The summed E-state index contributed by atoms with van der Waals surface area (Å²) in [5.74, 6) is 0.429. The molecule has 2 amide bonds. The fourth-order valence-electron chi connectivity index (χ4n) is 2.18.